The molecule has 0 amide bonds. The number of benzene rings is 1. The second-order valence-electron chi connectivity index (χ2n) is 4.57. The van der Waals surface area contributed by atoms with Crippen molar-refractivity contribution >= 4 is 5.88 Å². The van der Waals surface area contributed by atoms with Crippen molar-refractivity contribution in [2.75, 3.05) is 0 Å². The number of rotatable bonds is 4. The van der Waals surface area contributed by atoms with Crippen molar-refractivity contribution in [3.63, 3.8) is 0 Å². The Morgan fingerprint density at radius 1 is 1.26 bits per heavy atom. The zero-order valence-electron chi connectivity index (χ0n) is 10.8. The van der Waals surface area contributed by atoms with Gasteiger partial charge in [-0.2, -0.15) is 0 Å². The second kappa shape index (κ2) is 5.24. The molecule has 1 aromatic carbocycles. The molecule has 19 heavy (non-hydrogen) atoms. The lowest BCUT2D eigenvalue weighted by molar-refractivity contribution is -0.402. The summed E-state index contributed by atoms with van der Waals surface area (Å²) in [5, 5.41) is 20.5. The molecule has 0 spiro atoms. The van der Waals surface area contributed by atoms with Crippen LogP contribution in [0, 0.1) is 24.0 Å². The Morgan fingerprint density at radius 3 is 2.58 bits per heavy atom. The van der Waals surface area contributed by atoms with Crippen molar-refractivity contribution in [3.05, 3.63) is 62.9 Å². The van der Waals surface area contributed by atoms with Gasteiger partial charge in [0.1, 0.15) is 16.8 Å². The van der Waals surface area contributed by atoms with E-state index >= 15 is 0 Å². The normalized spacial score (nSPS) is 12.4. The van der Waals surface area contributed by atoms with Gasteiger partial charge >= 0.3 is 5.88 Å². The van der Waals surface area contributed by atoms with Crippen LogP contribution in [-0.2, 0) is 6.42 Å². The Bertz CT molecular complexity index is 603. The van der Waals surface area contributed by atoms with Gasteiger partial charge in [0.05, 0.1) is 6.07 Å². The van der Waals surface area contributed by atoms with Crippen LogP contribution in [0.25, 0.3) is 0 Å². The number of aliphatic hydroxyl groups excluding tert-OH is 1. The molecular weight excluding hydrogens is 246 g/mol. The van der Waals surface area contributed by atoms with Gasteiger partial charge in [-0.15, -0.1) is 0 Å². The highest BCUT2D eigenvalue weighted by molar-refractivity contribution is 5.31. The van der Waals surface area contributed by atoms with E-state index in [4.69, 9.17) is 4.42 Å². The van der Waals surface area contributed by atoms with Gasteiger partial charge < -0.3 is 9.52 Å². The molecule has 0 saturated heterocycles. The summed E-state index contributed by atoms with van der Waals surface area (Å²) < 4.78 is 4.98. The van der Waals surface area contributed by atoms with E-state index in [1.54, 1.807) is 0 Å². The van der Waals surface area contributed by atoms with Crippen molar-refractivity contribution in [1.82, 2.24) is 0 Å². The highest BCUT2D eigenvalue weighted by atomic mass is 16.6. The lowest BCUT2D eigenvalue weighted by Gasteiger charge is -2.09. The smallest absolute Gasteiger partial charge is 0.403 e. The summed E-state index contributed by atoms with van der Waals surface area (Å²) in [6.07, 6.45) is -0.512. The van der Waals surface area contributed by atoms with E-state index in [9.17, 15) is 15.2 Å². The molecule has 0 saturated carbocycles. The number of hydrogen-bond acceptors (Lipinski definition) is 4. The van der Waals surface area contributed by atoms with E-state index in [-0.39, 0.29) is 11.6 Å². The summed E-state index contributed by atoms with van der Waals surface area (Å²) >= 11 is 0. The molecule has 0 aliphatic carbocycles. The lowest BCUT2D eigenvalue weighted by atomic mass is 10.0. The molecule has 0 bridgehead atoms. The fraction of sp³-hybridized carbons (Fsp3) is 0.286. The third-order valence-corrected chi connectivity index (χ3v) is 3.12. The Morgan fingerprint density at radius 2 is 2.00 bits per heavy atom. The maximum absolute atomic E-state index is 10.5. The third kappa shape index (κ3) is 3.00. The number of nitro groups is 1. The van der Waals surface area contributed by atoms with Crippen molar-refractivity contribution in [3.8, 4) is 0 Å². The number of aryl methyl sites for hydroxylation is 2. The fourth-order valence-corrected chi connectivity index (χ4v) is 1.87. The van der Waals surface area contributed by atoms with Crippen LogP contribution < -0.4 is 0 Å². The molecule has 1 aromatic heterocycles. The van der Waals surface area contributed by atoms with Crippen LogP contribution >= 0.6 is 0 Å². The molecule has 5 heteroatoms. The Balaban J connectivity index is 2.13. The summed E-state index contributed by atoms with van der Waals surface area (Å²) in [5.74, 6) is -0.140. The van der Waals surface area contributed by atoms with Crippen LogP contribution in [0.15, 0.2) is 34.7 Å². The molecule has 1 atom stereocenters. The minimum atomic E-state index is -0.879. The SMILES string of the molecule is Cc1ccc(CC(O)c2ccc([N+](=O)[O-])o2)cc1C. The predicted molar refractivity (Wildman–Crippen MR) is 69.9 cm³/mol. The molecule has 1 heterocycles. The zero-order valence-corrected chi connectivity index (χ0v) is 10.8. The molecular formula is C14H15NO4. The van der Waals surface area contributed by atoms with Gasteiger partial charge in [0.2, 0.25) is 0 Å². The highest BCUT2D eigenvalue weighted by Gasteiger charge is 2.18. The van der Waals surface area contributed by atoms with Crippen molar-refractivity contribution in [2.24, 2.45) is 0 Å². The van der Waals surface area contributed by atoms with E-state index in [1.807, 2.05) is 32.0 Å². The molecule has 100 valence electrons. The molecule has 2 rings (SSSR count). The van der Waals surface area contributed by atoms with Crippen molar-refractivity contribution < 1.29 is 14.4 Å². The minimum absolute atomic E-state index is 0.213. The van der Waals surface area contributed by atoms with Gasteiger partial charge in [-0.3, -0.25) is 10.1 Å². The number of furan rings is 1. The van der Waals surface area contributed by atoms with Crippen LogP contribution in [0.3, 0.4) is 0 Å². The first-order chi connectivity index (χ1) is 8.97. The third-order valence-electron chi connectivity index (χ3n) is 3.12. The summed E-state index contributed by atoms with van der Waals surface area (Å²) in [6, 6.07) is 8.60. The van der Waals surface area contributed by atoms with Gasteiger partial charge in [-0.1, -0.05) is 18.2 Å². The quantitative estimate of drug-likeness (QED) is 0.677. The number of nitrogens with zero attached hydrogens (tertiary/aromatic N) is 1. The first-order valence-corrected chi connectivity index (χ1v) is 5.95. The summed E-state index contributed by atoms with van der Waals surface area (Å²) in [7, 11) is 0. The van der Waals surface area contributed by atoms with E-state index in [1.165, 1.54) is 17.7 Å². The molecule has 5 nitrogen and oxygen atoms in total. The van der Waals surface area contributed by atoms with E-state index in [2.05, 4.69) is 0 Å². The fourth-order valence-electron chi connectivity index (χ4n) is 1.87. The van der Waals surface area contributed by atoms with Crippen molar-refractivity contribution in [2.45, 2.75) is 26.4 Å². The average Bonchev–Trinajstić information content (AvgIpc) is 2.83. The predicted octanol–water partition coefficient (Wildman–Crippen LogP) is 3.08. The van der Waals surface area contributed by atoms with Crippen LogP contribution in [-0.4, -0.2) is 10.0 Å². The maximum atomic E-state index is 10.5. The minimum Gasteiger partial charge on any atom is -0.403 e. The van der Waals surface area contributed by atoms with E-state index < -0.39 is 11.0 Å². The second-order valence-corrected chi connectivity index (χ2v) is 4.57. The molecule has 1 unspecified atom stereocenters. The van der Waals surface area contributed by atoms with Crippen molar-refractivity contribution in [1.29, 1.82) is 0 Å². The van der Waals surface area contributed by atoms with Gasteiger partial charge in [-0.05, 0) is 36.6 Å². The highest BCUT2D eigenvalue weighted by Crippen LogP contribution is 2.24. The average molecular weight is 261 g/mol. The van der Waals surface area contributed by atoms with E-state index in [0.29, 0.717) is 6.42 Å². The first-order valence-electron chi connectivity index (χ1n) is 5.95. The molecule has 0 radical (unpaired) electrons. The molecule has 0 aliphatic heterocycles. The van der Waals surface area contributed by atoms with E-state index in [0.717, 1.165) is 11.1 Å². The Kier molecular flexibility index (Phi) is 3.66. The van der Waals surface area contributed by atoms with Gasteiger partial charge in [0.25, 0.3) is 0 Å². The van der Waals surface area contributed by atoms with Gasteiger partial charge in [0.15, 0.2) is 0 Å². The molecule has 0 aliphatic rings. The number of aliphatic hydroxyl groups is 1. The van der Waals surface area contributed by atoms with Crippen LogP contribution in [0.1, 0.15) is 28.6 Å². The zero-order chi connectivity index (χ0) is 14.0. The van der Waals surface area contributed by atoms with Crippen LogP contribution in [0.2, 0.25) is 0 Å². The monoisotopic (exact) mass is 261 g/mol. The van der Waals surface area contributed by atoms with Gasteiger partial charge in [-0.25, -0.2) is 0 Å². The Labute approximate surface area is 110 Å². The van der Waals surface area contributed by atoms with Crippen LogP contribution in [0.5, 0.6) is 0 Å². The molecule has 2 aromatic rings. The maximum Gasteiger partial charge on any atom is 0.433 e. The van der Waals surface area contributed by atoms with Gasteiger partial charge in [0, 0.05) is 6.42 Å². The largest absolute Gasteiger partial charge is 0.433 e. The number of hydrogen-bond donors (Lipinski definition) is 1. The first kappa shape index (κ1) is 13.3. The summed E-state index contributed by atoms with van der Waals surface area (Å²) in [6.45, 7) is 4.02. The summed E-state index contributed by atoms with van der Waals surface area (Å²) in [5.41, 5.74) is 3.30. The van der Waals surface area contributed by atoms with Crippen LogP contribution in [0.4, 0.5) is 5.88 Å². The molecule has 0 fully saturated rings. The Hall–Kier alpha value is -2.14. The summed E-state index contributed by atoms with van der Waals surface area (Å²) in [4.78, 5) is 9.89. The molecule has 1 N–H and O–H groups in total. The topological polar surface area (TPSA) is 76.5 Å². The standard InChI is InChI=1S/C14H15NO4/c1-9-3-4-11(7-10(9)2)8-12(16)13-5-6-14(19-13)15(17)18/h3-7,12,16H,8H2,1-2H3. The lowest BCUT2D eigenvalue weighted by Crippen LogP contribution is -2.01.